The summed E-state index contributed by atoms with van der Waals surface area (Å²) >= 11 is 0. The molecule has 0 unspecified atom stereocenters. The molecular formula is C43H30N2. The van der Waals surface area contributed by atoms with E-state index in [1.807, 2.05) is 30.6 Å². The first-order valence-corrected chi connectivity index (χ1v) is 15.6. The van der Waals surface area contributed by atoms with Crippen LogP contribution in [0.2, 0.25) is 0 Å². The fraction of sp³-hybridized carbons (Fsp3) is 0.0698. The van der Waals surface area contributed by atoms with Gasteiger partial charge in [0.15, 0.2) is 0 Å². The third-order valence-electron chi connectivity index (χ3n) is 9.71. The van der Waals surface area contributed by atoms with E-state index in [1.54, 1.807) is 0 Å². The SMILES string of the molecule is CC1(C)c2cc3cc(-c4ccc(-c5cnc(-c6ccccc6)cn5)cc4)ccc3cc2-c2c1c1ccccc1c1ccccc21. The molecule has 0 saturated heterocycles. The molecule has 0 spiro atoms. The lowest BCUT2D eigenvalue weighted by Crippen LogP contribution is -2.15. The van der Waals surface area contributed by atoms with Gasteiger partial charge < -0.3 is 0 Å². The number of benzene rings is 7. The maximum atomic E-state index is 4.71. The zero-order valence-electron chi connectivity index (χ0n) is 25.3. The summed E-state index contributed by atoms with van der Waals surface area (Å²) in [6, 6.07) is 48.4. The van der Waals surface area contributed by atoms with Crippen LogP contribution in [0.5, 0.6) is 0 Å². The van der Waals surface area contributed by atoms with Crippen molar-refractivity contribution in [2.24, 2.45) is 0 Å². The number of rotatable bonds is 3. The first kappa shape index (κ1) is 25.9. The van der Waals surface area contributed by atoms with Gasteiger partial charge in [-0.1, -0.05) is 129 Å². The molecular weight excluding hydrogens is 544 g/mol. The van der Waals surface area contributed by atoms with Gasteiger partial charge in [-0.25, -0.2) is 0 Å². The van der Waals surface area contributed by atoms with Crippen LogP contribution in [0.25, 0.3) is 77.1 Å². The first-order valence-electron chi connectivity index (χ1n) is 15.6. The van der Waals surface area contributed by atoms with Crippen molar-refractivity contribution in [3.8, 4) is 44.8 Å². The third kappa shape index (κ3) is 3.96. The highest BCUT2D eigenvalue weighted by Gasteiger charge is 2.38. The normalized spacial score (nSPS) is 13.3. The zero-order valence-corrected chi connectivity index (χ0v) is 25.3. The summed E-state index contributed by atoms with van der Waals surface area (Å²) in [7, 11) is 0. The van der Waals surface area contributed by atoms with Crippen LogP contribution in [0.1, 0.15) is 25.0 Å². The molecule has 0 fully saturated rings. The van der Waals surface area contributed by atoms with Crippen molar-refractivity contribution < 1.29 is 0 Å². The molecule has 45 heavy (non-hydrogen) atoms. The fourth-order valence-electron chi connectivity index (χ4n) is 7.47. The van der Waals surface area contributed by atoms with Gasteiger partial charge in [0, 0.05) is 16.5 Å². The molecule has 0 bridgehead atoms. The summed E-state index contributed by atoms with van der Waals surface area (Å²) in [4.78, 5) is 9.37. The van der Waals surface area contributed by atoms with Crippen LogP contribution in [0.4, 0.5) is 0 Å². The Morgan fingerprint density at radius 1 is 0.444 bits per heavy atom. The second-order valence-electron chi connectivity index (χ2n) is 12.7. The highest BCUT2D eigenvalue weighted by atomic mass is 14.8. The largest absolute Gasteiger partial charge is 0.252 e. The molecule has 8 aromatic rings. The van der Waals surface area contributed by atoms with Crippen LogP contribution in [0.3, 0.4) is 0 Å². The molecule has 0 atom stereocenters. The number of hydrogen-bond acceptors (Lipinski definition) is 2. The van der Waals surface area contributed by atoms with E-state index in [0.717, 1.165) is 22.5 Å². The second-order valence-corrected chi connectivity index (χ2v) is 12.7. The maximum absolute atomic E-state index is 4.71. The summed E-state index contributed by atoms with van der Waals surface area (Å²) in [6.45, 7) is 4.78. The zero-order chi connectivity index (χ0) is 30.1. The van der Waals surface area contributed by atoms with E-state index >= 15 is 0 Å². The van der Waals surface area contributed by atoms with E-state index in [-0.39, 0.29) is 5.41 Å². The molecule has 0 radical (unpaired) electrons. The smallest absolute Gasteiger partial charge is 0.0885 e. The Bertz CT molecular complexity index is 2420. The predicted octanol–water partition coefficient (Wildman–Crippen LogP) is 11.2. The molecule has 0 saturated carbocycles. The van der Waals surface area contributed by atoms with Gasteiger partial charge in [-0.3, -0.25) is 9.97 Å². The summed E-state index contributed by atoms with van der Waals surface area (Å²) in [5.41, 5.74) is 11.8. The lowest BCUT2D eigenvalue weighted by molar-refractivity contribution is 0.667. The highest BCUT2D eigenvalue weighted by molar-refractivity contribution is 6.18. The van der Waals surface area contributed by atoms with Crippen molar-refractivity contribution in [2.75, 3.05) is 0 Å². The van der Waals surface area contributed by atoms with E-state index < -0.39 is 0 Å². The summed E-state index contributed by atoms with van der Waals surface area (Å²) in [5.74, 6) is 0. The van der Waals surface area contributed by atoms with Crippen molar-refractivity contribution in [3.05, 3.63) is 157 Å². The number of fused-ring (bicyclic) bond motifs is 9. The molecule has 2 heteroatoms. The Kier molecular flexibility index (Phi) is 5.58. The molecule has 1 aliphatic carbocycles. The Balaban J connectivity index is 1.11. The third-order valence-corrected chi connectivity index (χ3v) is 9.71. The average Bonchev–Trinajstić information content (AvgIpc) is 3.33. The van der Waals surface area contributed by atoms with E-state index in [1.165, 1.54) is 65.7 Å². The molecule has 0 amide bonds. The summed E-state index contributed by atoms with van der Waals surface area (Å²) < 4.78 is 0. The van der Waals surface area contributed by atoms with Crippen LogP contribution < -0.4 is 0 Å². The van der Waals surface area contributed by atoms with Crippen molar-refractivity contribution >= 4 is 32.3 Å². The fourth-order valence-corrected chi connectivity index (χ4v) is 7.47. The standard InChI is InChI=1S/C43H30N2/c1-43(2)38-24-32-22-30(27-16-18-29(19-17-27)40-26-44-39(25-45-40)28-10-4-3-5-11-28)20-21-31(32)23-37(38)41-35-14-8-6-12-33(35)34-13-7-9-15-36(34)42(41)43/h3-26H,1-2H3. The van der Waals surface area contributed by atoms with E-state index in [2.05, 4.69) is 134 Å². The van der Waals surface area contributed by atoms with Crippen LogP contribution in [0, 0.1) is 0 Å². The molecule has 2 nitrogen and oxygen atoms in total. The van der Waals surface area contributed by atoms with E-state index in [4.69, 9.17) is 4.98 Å². The topological polar surface area (TPSA) is 25.8 Å². The van der Waals surface area contributed by atoms with Crippen molar-refractivity contribution in [1.82, 2.24) is 9.97 Å². The minimum Gasteiger partial charge on any atom is -0.252 e. The van der Waals surface area contributed by atoms with Gasteiger partial charge in [0.05, 0.1) is 23.8 Å². The number of hydrogen-bond donors (Lipinski definition) is 0. The monoisotopic (exact) mass is 574 g/mol. The van der Waals surface area contributed by atoms with Crippen molar-refractivity contribution in [1.29, 1.82) is 0 Å². The van der Waals surface area contributed by atoms with Gasteiger partial charge in [0.2, 0.25) is 0 Å². The molecule has 212 valence electrons. The van der Waals surface area contributed by atoms with Gasteiger partial charge in [0.25, 0.3) is 0 Å². The highest BCUT2D eigenvalue weighted by Crippen LogP contribution is 2.55. The molecule has 1 aromatic heterocycles. The van der Waals surface area contributed by atoms with Gasteiger partial charge in [-0.05, 0) is 83.9 Å². The molecule has 7 aromatic carbocycles. The van der Waals surface area contributed by atoms with Crippen LogP contribution >= 0.6 is 0 Å². The second kappa shape index (κ2) is 9.70. The van der Waals surface area contributed by atoms with E-state index in [0.29, 0.717) is 0 Å². The Morgan fingerprint density at radius 3 is 1.69 bits per heavy atom. The molecule has 0 N–H and O–H groups in total. The lowest BCUT2D eigenvalue weighted by Gasteiger charge is -2.24. The molecule has 0 aliphatic heterocycles. The Hall–Kier alpha value is -5.60. The Morgan fingerprint density at radius 2 is 1.00 bits per heavy atom. The molecule has 1 aliphatic rings. The minimum absolute atomic E-state index is 0.114. The Labute approximate surface area is 262 Å². The quantitative estimate of drug-likeness (QED) is 0.196. The van der Waals surface area contributed by atoms with Crippen LogP contribution in [0.15, 0.2) is 146 Å². The van der Waals surface area contributed by atoms with Gasteiger partial charge in [-0.2, -0.15) is 0 Å². The van der Waals surface area contributed by atoms with Crippen LogP contribution in [-0.4, -0.2) is 9.97 Å². The first-order chi connectivity index (χ1) is 22.1. The number of aromatic nitrogens is 2. The number of nitrogens with zero attached hydrogens (tertiary/aromatic N) is 2. The predicted molar refractivity (Wildman–Crippen MR) is 188 cm³/mol. The van der Waals surface area contributed by atoms with Crippen molar-refractivity contribution in [2.45, 2.75) is 19.3 Å². The van der Waals surface area contributed by atoms with Gasteiger partial charge in [0.1, 0.15) is 0 Å². The minimum atomic E-state index is -0.114. The summed E-state index contributed by atoms with van der Waals surface area (Å²) in [6.07, 6.45) is 3.71. The maximum Gasteiger partial charge on any atom is 0.0885 e. The molecule has 9 rings (SSSR count). The van der Waals surface area contributed by atoms with Gasteiger partial charge >= 0.3 is 0 Å². The molecule has 1 heterocycles. The lowest BCUT2D eigenvalue weighted by atomic mass is 9.79. The van der Waals surface area contributed by atoms with Gasteiger partial charge in [-0.15, -0.1) is 0 Å². The van der Waals surface area contributed by atoms with E-state index in [9.17, 15) is 0 Å². The van der Waals surface area contributed by atoms with Crippen molar-refractivity contribution in [3.63, 3.8) is 0 Å². The van der Waals surface area contributed by atoms with Crippen LogP contribution in [-0.2, 0) is 5.41 Å². The summed E-state index contributed by atoms with van der Waals surface area (Å²) in [5, 5.41) is 7.90. The average molecular weight is 575 g/mol.